The van der Waals surface area contributed by atoms with Crippen LogP contribution < -0.4 is 4.89 Å². The van der Waals surface area contributed by atoms with Gasteiger partial charge in [0.1, 0.15) is 19.3 Å². The molecule has 0 fully saturated rings. The van der Waals surface area contributed by atoms with Crippen LogP contribution in [0.5, 0.6) is 0 Å². The average Bonchev–Trinajstić information content (AvgIpc) is 3.11. The third-order valence-corrected chi connectivity index (χ3v) is 9.80. The number of esters is 1. The number of unbranched alkanes of at least 4 members (excludes halogenated alkanes) is 17. The summed E-state index contributed by atoms with van der Waals surface area (Å²) in [7, 11) is 1.34. The topological polar surface area (TPSA) is 94.1 Å². The van der Waals surface area contributed by atoms with Crippen molar-refractivity contribution in [2.24, 2.45) is 0 Å². The molecule has 2 unspecified atom stereocenters. The Morgan fingerprint density at radius 1 is 0.585 bits per heavy atom. The van der Waals surface area contributed by atoms with E-state index < -0.39 is 13.9 Å². The standard InChI is InChI=1S/C44H82NO7P/c1-6-8-10-12-14-16-18-20-21-22-23-24-26-28-30-32-34-36-39-49-41-43(42-51-53(47,48)50-40-38-45(3,4)5)52-44(46)37-35-33-31-29-27-25-19-17-15-13-11-9-7-2/h11,13-14,16-17,19-21,43H,6-10,12,15,18,22-42H2,1-5H3/b13-11-,16-14-,19-17-,21-20-. The summed E-state index contributed by atoms with van der Waals surface area (Å²) in [4.78, 5) is 25.0. The van der Waals surface area contributed by atoms with E-state index in [4.69, 9.17) is 18.5 Å². The molecule has 0 amide bonds. The maximum atomic E-state index is 12.6. The second-order valence-corrected chi connectivity index (χ2v) is 16.8. The summed E-state index contributed by atoms with van der Waals surface area (Å²) in [6.45, 7) is 5.28. The van der Waals surface area contributed by atoms with E-state index in [1.54, 1.807) is 0 Å². The minimum absolute atomic E-state index is 0.0205. The number of hydrogen-bond donors (Lipinski definition) is 0. The van der Waals surface area contributed by atoms with Gasteiger partial charge in [-0.1, -0.05) is 140 Å². The highest BCUT2D eigenvalue weighted by Gasteiger charge is 2.20. The van der Waals surface area contributed by atoms with Gasteiger partial charge in [0.15, 0.2) is 0 Å². The zero-order chi connectivity index (χ0) is 39.1. The lowest BCUT2D eigenvalue weighted by Gasteiger charge is -2.28. The molecule has 0 aliphatic rings. The highest BCUT2D eigenvalue weighted by atomic mass is 31.2. The summed E-state index contributed by atoms with van der Waals surface area (Å²) in [6, 6.07) is 0. The Bertz CT molecular complexity index is 989. The van der Waals surface area contributed by atoms with E-state index in [0.29, 0.717) is 24.1 Å². The first kappa shape index (κ1) is 51.5. The molecule has 0 aromatic carbocycles. The zero-order valence-corrected chi connectivity index (χ0v) is 35.8. The van der Waals surface area contributed by atoms with Gasteiger partial charge in [0.25, 0.3) is 7.82 Å². The fourth-order valence-electron chi connectivity index (χ4n) is 5.50. The first-order valence-corrected chi connectivity index (χ1v) is 22.8. The van der Waals surface area contributed by atoms with Crippen molar-refractivity contribution >= 4 is 13.8 Å². The molecule has 0 spiro atoms. The lowest BCUT2D eigenvalue weighted by molar-refractivity contribution is -0.870. The van der Waals surface area contributed by atoms with Crippen molar-refractivity contribution in [3.8, 4) is 0 Å². The van der Waals surface area contributed by atoms with Crippen LogP contribution in [0.1, 0.15) is 168 Å². The Kier molecular flexibility index (Phi) is 36.3. The van der Waals surface area contributed by atoms with Gasteiger partial charge in [-0.3, -0.25) is 9.36 Å². The highest BCUT2D eigenvalue weighted by molar-refractivity contribution is 7.45. The molecule has 310 valence electrons. The first-order valence-electron chi connectivity index (χ1n) is 21.4. The molecule has 0 saturated carbocycles. The van der Waals surface area contributed by atoms with Crippen molar-refractivity contribution in [3.63, 3.8) is 0 Å². The van der Waals surface area contributed by atoms with E-state index in [9.17, 15) is 14.3 Å². The third kappa shape index (κ3) is 41.5. The largest absolute Gasteiger partial charge is 0.756 e. The fourth-order valence-corrected chi connectivity index (χ4v) is 6.22. The maximum Gasteiger partial charge on any atom is 0.306 e. The molecule has 9 heteroatoms. The van der Waals surface area contributed by atoms with Gasteiger partial charge in [0, 0.05) is 13.0 Å². The molecule has 0 heterocycles. The summed E-state index contributed by atoms with van der Waals surface area (Å²) >= 11 is 0. The predicted octanol–water partition coefficient (Wildman–Crippen LogP) is 11.7. The molecule has 2 atom stereocenters. The van der Waals surface area contributed by atoms with Crippen LogP contribution in [0.2, 0.25) is 0 Å². The number of carbonyl (C=O) groups excluding carboxylic acids is 1. The number of nitrogens with zero attached hydrogens (tertiary/aromatic N) is 1. The van der Waals surface area contributed by atoms with E-state index in [0.717, 1.165) is 70.6 Å². The van der Waals surface area contributed by atoms with Crippen LogP contribution in [0.25, 0.3) is 0 Å². The average molecular weight is 768 g/mol. The van der Waals surface area contributed by atoms with E-state index in [1.165, 1.54) is 77.0 Å². The van der Waals surface area contributed by atoms with Crippen LogP contribution in [0.4, 0.5) is 0 Å². The molecular weight excluding hydrogens is 685 g/mol. The minimum Gasteiger partial charge on any atom is -0.756 e. The van der Waals surface area contributed by atoms with Crippen molar-refractivity contribution in [2.75, 3.05) is 54.1 Å². The number of phosphoric acid groups is 1. The number of rotatable bonds is 39. The van der Waals surface area contributed by atoms with Crippen LogP contribution in [0.3, 0.4) is 0 Å². The number of ether oxygens (including phenoxy) is 2. The molecule has 0 N–H and O–H groups in total. The molecule has 53 heavy (non-hydrogen) atoms. The van der Waals surface area contributed by atoms with E-state index in [2.05, 4.69) is 62.5 Å². The lowest BCUT2D eigenvalue weighted by Crippen LogP contribution is -2.37. The van der Waals surface area contributed by atoms with Gasteiger partial charge in [-0.15, -0.1) is 0 Å². The summed E-state index contributed by atoms with van der Waals surface area (Å²) in [5.41, 5.74) is 0. The van der Waals surface area contributed by atoms with Crippen LogP contribution in [-0.4, -0.2) is 70.7 Å². The van der Waals surface area contributed by atoms with Crippen molar-refractivity contribution in [2.45, 2.75) is 174 Å². The summed E-state index contributed by atoms with van der Waals surface area (Å²) in [5.74, 6) is -0.353. The van der Waals surface area contributed by atoms with Crippen LogP contribution in [0, 0.1) is 0 Å². The Hall–Kier alpha value is -1.54. The molecule has 0 saturated heterocycles. The Morgan fingerprint density at radius 2 is 1.08 bits per heavy atom. The molecule has 0 aromatic rings. The van der Waals surface area contributed by atoms with Crippen LogP contribution in [-0.2, 0) is 27.9 Å². The summed E-state index contributed by atoms with van der Waals surface area (Å²) in [6.07, 6.45) is 44.0. The zero-order valence-electron chi connectivity index (χ0n) is 35.0. The normalized spacial score (nSPS) is 14.3. The molecular formula is C44H82NO7P. The predicted molar refractivity (Wildman–Crippen MR) is 222 cm³/mol. The summed E-state index contributed by atoms with van der Waals surface area (Å²) in [5, 5.41) is 0. The molecule has 0 rings (SSSR count). The molecule has 0 aromatic heterocycles. The van der Waals surface area contributed by atoms with Gasteiger partial charge >= 0.3 is 5.97 Å². The molecule has 0 bridgehead atoms. The Morgan fingerprint density at radius 3 is 1.60 bits per heavy atom. The van der Waals surface area contributed by atoms with Gasteiger partial charge < -0.3 is 27.9 Å². The number of quaternary nitrogens is 1. The van der Waals surface area contributed by atoms with Gasteiger partial charge in [-0.2, -0.15) is 0 Å². The van der Waals surface area contributed by atoms with Crippen molar-refractivity contribution in [1.82, 2.24) is 0 Å². The van der Waals surface area contributed by atoms with Gasteiger partial charge in [0.05, 0.1) is 34.4 Å². The molecule has 0 aliphatic heterocycles. The number of phosphoric ester groups is 1. The number of likely N-dealkylation sites (N-methyl/N-ethyl adjacent to an activating group) is 1. The summed E-state index contributed by atoms with van der Waals surface area (Å²) < 4.78 is 34.5. The van der Waals surface area contributed by atoms with E-state index in [-0.39, 0.29) is 25.8 Å². The van der Waals surface area contributed by atoms with E-state index >= 15 is 0 Å². The SMILES string of the molecule is CCC/C=C\C/C=C\CCCCCCCC(=O)OC(COCCCCCCCCCC/C=C\C/C=C\CCCCC)COP(=O)([O-])OCC[N+](C)(C)C. The second-order valence-electron chi connectivity index (χ2n) is 15.3. The molecule has 0 aliphatic carbocycles. The Labute approximate surface area is 327 Å². The molecule has 0 radical (unpaired) electrons. The smallest absolute Gasteiger partial charge is 0.306 e. The van der Waals surface area contributed by atoms with Gasteiger partial charge in [-0.25, -0.2) is 0 Å². The fraction of sp³-hybridized carbons (Fsp3) is 0.795. The van der Waals surface area contributed by atoms with Crippen LogP contribution >= 0.6 is 7.82 Å². The van der Waals surface area contributed by atoms with Crippen LogP contribution in [0.15, 0.2) is 48.6 Å². The quantitative estimate of drug-likeness (QED) is 0.0202. The third-order valence-electron chi connectivity index (χ3n) is 8.83. The number of hydrogen-bond acceptors (Lipinski definition) is 7. The minimum atomic E-state index is -4.53. The first-order chi connectivity index (χ1) is 25.6. The van der Waals surface area contributed by atoms with Crippen molar-refractivity contribution in [1.29, 1.82) is 0 Å². The Balaban J connectivity index is 4.26. The van der Waals surface area contributed by atoms with Gasteiger partial charge in [-0.05, 0) is 70.6 Å². The number of allylic oxidation sites excluding steroid dienone is 8. The van der Waals surface area contributed by atoms with E-state index in [1.807, 2.05) is 21.1 Å². The maximum absolute atomic E-state index is 12.6. The lowest BCUT2D eigenvalue weighted by atomic mass is 10.1. The van der Waals surface area contributed by atoms with Crippen molar-refractivity contribution in [3.05, 3.63) is 48.6 Å². The van der Waals surface area contributed by atoms with Gasteiger partial charge in [0.2, 0.25) is 0 Å². The number of carbonyl (C=O) groups is 1. The monoisotopic (exact) mass is 768 g/mol. The second kappa shape index (κ2) is 37.4. The highest BCUT2D eigenvalue weighted by Crippen LogP contribution is 2.38. The molecule has 8 nitrogen and oxygen atoms in total. The van der Waals surface area contributed by atoms with Crippen molar-refractivity contribution < 1.29 is 37.3 Å².